The molecule has 18 heavy (non-hydrogen) atoms. The minimum atomic E-state index is -3.45. The van der Waals surface area contributed by atoms with Crippen molar-refractivity contribution in [2.75, 3.05) is 6.54 Å². The highest BCUT2D eigenvalue weighted by molar-refractivity contribution is 7.89. The van der Waals surface area contributed by atoms with Gasteiger partial charge in [0.15, 0.2) is 0 Å². The van der Waals surface area contributed by atoms with Gasteiger partial charge < -0.3 is 5.73 Å². The van der Waals surface area contributed by atoms with Gasteiger partial charge in [0.1, 0.15) is 4.90 Å². The van der Waals surface area contributed by atoms with Crippen LogP contribution in [0.1, 0.15) is 19.3 Å². The largest absolute Gasteiger partial charge is 0.330 e. The zero-order valence-corrected chi connectivity index (χ0v) is 11.6. The molecule has 3 N–H and O–H groups in total. The molecule has 2 rings (SSSR count). The van der Waals surface area contributed by atoms with Crippen molar-refractivity contribution in [3.05, 3.63) is 24.5 Å². The van der Waals surface area contributed by atoms with Crippen LogP contribution in [-0.4, -0.2) is 26.0 Å². The molecule has 1 saturated carbocycles. The molecular weight excluding hydrogens is 274 g/mol. The molecule has 1 aliphatic rings. The van der Waals surface area contributed by atoms with Gasteiger partial charge in [-0.3, -0.25) is 4.98 Å². The molecule has 102 valence electrons. The number of pyridine rings is 1. The van der Waals surface area contributed by atoms with Crippen LogP contribution in [0.5, 0.6) is 0 Å². The van der Waals surface area contributed by atoms with Gasteiger partial charge in [0, 0.05) is 18.4 Å². The van der Waals surface area contributed by atoms with Gasteiger partial charge in [-0.05, 0) is 37.4 Å². The first-order valence-corrected chi connectivity index (χ1v) is 7.24. The quantitative estimate of drug-likeness (QED) is 0.863. The number of hydrogen-bond acceptors (Lipinski definition) is 4. The summed E-state index contributed by atoms with van der Waals surface area (Å²) in [5.74, 6) is 0.251. The van der Waals surface area contributed by atoms with E-state index in [1.54, 1.807) is 18.3 Å². The zero-order chi connectivity index (χ0) is 12.3. The van der Waals surface area contributed by atoms with E-state index in [1.165, 1.54) is 6.20 Å². The van der Waals surface area contributed by atoms with E-state index in [0.29, 0.717) is 6.54 Å². The molecule has 5 nitrogen and oxygen atoms in total. The summed E-state index contributed by atoms with van der Waals surface area (Å²) < 4.78 is 26.8. The predicted octanol–water partition coefficient (Wildman–Crippen LogP) is 0.909. The lowest BCUT2D eigenvalue weighted by atomic mass is 10.1. The summed E-state index contributed by atoms with van der Waals surface area (Å²) >= 11 is 0. The molecule has 0 radical (unpaired) electrons. The molecule has 1 heterocycles. The van der Waals surface area contributed by atoms with E-state index in [-0.39, 0.29) is 29.3 Å². The number of hydrogen-bond donors (Lipinski definition) is 2. The highest BCUT2D eigenvalue weighted by Gasteiger charge is 2.30. The van der Waals surface area contributed by atoms with Gasteiger partial charge >= 0.3 is 0 Å². The van der Waals surface area contributed by atoms with Crippen LogP contribution in [0.2, 0.25) is 0 Å². The van der Waals surface area contributed by atoms with Crippen LogP contribution in [0.25, 0.3) is 0 Å². The first kappa shape index (κ1) is 15.4. The standard InChI is InChI=1S/C11H17N3O2S.ClH/c12-7-9-3-1-5-11(9)14-17(15,16)10-4-2-6-13-8-10;/h2,4,6,8-9,11,14H,1,3,5,7,12H2;1H. The second kappa shape index (κ2) is 6.47. The number of aromatic nitrogens is 1. The Morgan fingerprint density at radius 3 is 2.83 bits per heavy atom. The summed E-state index contributed by atoms with van der Waals surface area (Å²) in [7, 11) is -3.45. The smallest absolute Gasteiger partial charge is 0.242 e. The molecule has 0 spiro atoms. The lowest BCUT2D eigenvalue weighted by Gasteiger charge is -2.19. The van der Waals surface area contributed by atoms with Gasteiger partial charge in [-0.1, -0.05) is 6.42 Å². The number of rotatable bonds is 4. The van der Waals surface area contributed by atoms with Crippen molar-refractivity contribution in [3.8, 4) is 0 Å². The second-order valence-electron chi connectivity index (χ2n) is 4.34. The summed E-state index contributed by atoms with van der Waals surface area (Å²) in [6.07, 6.45) is 5.80. The minimum Gasteiger partial charge on any atom is -0.330 e. The molecule has 1 aromatic heterocycles. The topological polar surface area (TPSA) is 85.1 Å². The van der Waals surface area contributed by atoms with Crippen molar-refractivity contribution in [3.63, 3.8) is 0 Å². The van der Waals surface area contributed by atoms with E-state index in [2.05, 4.69) is 9.71 Å². The summed E-state index contributed by atoms with van der Waals surface area (Å²) in [6.45, 7) is 0.528. The van der Waals surface area contributed by atoms with Crippen molar-refractivity contribution in [2.45, 2.75) is 30.2 Å². The van der Waals surface area contributed by atoms with Gasteiger partial charge in [0.05, 0.1) is 0 Å². The maximum Gasteiger partial charge on any atom is 0.242 e. The zero-order valence-electron chi connectivity index (χ0n) is 9.95. The first-order valence-electron chi connectivity index (χ1n) is 5.76. The lowest BCUT2D eigenvalue weighted by molar-refractivity contribution is 0.453. The Labute approximate surface area is 114 Å². The summed E-state index contributed by atoms with van der Waals surface area (Å²) in [4.78, 5) is 4.03. The minimum absolute atomic E-state index is 0. The molecule has 1 fully saturated rings. The van der Waals surface area contributed by atoms with E-state index in [0.717, 1.165) is 19.3 Å². The fraction of sp³-hybridized carbons (Fsp3) is 0.545. The molecule has 2 unspecified atom stereocenters. The van der Waals surface area contributed by atoms with Crippen LogP contribution in [0, 0.1) is 5.92 Å². The Hall–Kier alpha value is -0.690. The summed E-state index contributed by atoms with van der Waals surface area (Å²) in [6, 6.07) is 3.12. The van der Waals surface area contributed by atoms with Crippen LogP contribution in [0.3, 0.4) is 0 Å². The van der Waals surface area contributed by atoms with E-state index in [4.69, 9.17) is 5.73 Å². The number of nitrogens with one attached hydrogen (secondary N) is 1. The highest BCUT2D eigenvalue weighted by atomic mass is 35.5. The van der Waals surface area contributed by atoms with Crippen molar-refractivity contribution in [1.82, 2.24) is 9.71 Å². The molecule has 0 saturated heterocycles. The van der Waals surface area contributed by atoms with Crippen LogP contribution < -0.4 is 10.5 Å². The molecule has 2 atom stereocenters. The Morgan fingerprint density at radius 1 is 1.44 bits per heavy atom. The number of halogens is 1. The van der Waals surface area contributed by atoms with Crippen LogP contribution in [-0.2, 0) is 10.0 Å². The summed E-state index contributed by atoms with van der Waals surface area (Å²) in [5, 5.41) is 0. The third kappa shape index (κ3) is 3.41. The molecule has 0 aliphatic heterocycles. The van der Waals surface area contributed by atoms with Gasteiger partial charge in [-0.2, -0.15) is 0 Å². The molecule has 7 heteroatoms. The molecule has 0 bridgehead atoms. The second-order valence-corrected chi connectivity index (χ2v) is 6.06. The third-order valence-electron chi connectivity index (χ3n) is 3.21. The maximum atomic E-state index is 12.1. The van der Waals surface area contributed by atoms with Gasteiger partial charge in [0.25, 0.3) is 0 Å². The fourth-order valence-corrected chi connectivity index (χ4v) is 3.55. The van der Waals surface area contributed by atoms with Crippen LogP contribution in [0.4, 0.5) is 0 Å². The average molecular weight is 292 g/mol. The third-order valence-corrected chi connectivity index (χ3v) is 4.69. The normalized spacial score (nSPS) is 23.6. The Bertz CT molecular complexity index is 466. The highest BCUT2D eigenvalue weighted by Crippen LogP contribution is 2.26. The molecular formula is C11H18ClN3O2S. The number of sulfonamides is 1. The Kier molecular flexibility index (Phi) is 5.52. The molecule has 0 aromatic carbocycles. The van der Waals surface area contributed by atoms with Crippen molar-refractivity contribution in [1.29, 1.82) is 0 Å². The number of nitrogens with two attached hydrogens (primary N) is 1. The maximum absolute atomic E-state index is 12.1. The van der Waals surface area contributed by atoms with E-state index in [9.17, 15) is 8.42 Å². The number of nitrogens with zero attached hydrogens (tertiary/aromatic N) is 1. The Balaban J connectivity index is 0.00000162. The molecule has 1 aromatic rings. The SMILES string of the molecule is Cl.NCC1CCCC1NS(=O)(=O)c1cccnc1. The Morgan fingerprint density at radius 2 is 2.22 bits per heavy atom. The van der Waals surface area contributed by atoms with Gasteiger partial charge in [-0.15, -0.1) is 12.4 Å². The molecule has 1 aliphatic carbocycles. The fourth-order valence-electron chi connectivity index (χ4n) is 2.25. The average Bonchev–Trinajstić information content (AvgIpc) is 2.77. The van der Waals surface area contributed by atoms with Gasteiger partial charge in [-0.25, -0.2) is 13.1 Å². The summed E-state index contributed by atoms with van der Waals surface area (Å²) in [5.41, 5.74) is 5.63. The van der Waals surface area contributed by atoms with Crippen molar-refractivity contribution < 1.29 is 8.42 Å². The first-order chi connectivity index (χ1) is 8.13. The van der Waals surface area contributed by atoms with E-state index >= 15 is 0 Å². The van der Waals surface area contributed by atoms with Crippen LogP contribution in [0.15, 0.2) is 29.4 Å². The lowest BCUT2D eigenvalue weighted by Crippen LogP contribution is -2.39. The van der Waals surface area contributed by atoms with Crippen molar-refractivity contribution >= 4 is 22.4 Å². The van der Waals surface area contributed by atoms with Gasteiger partial charge in [0.2, 0.25) is 10.0 Å². The van der Waals surface area contributed by atoms with E-state index < -0.39 is 10.0 Å². The monoisotopic (exact) mass is 291 g/mol. The van der Waals surface area contributed by atoms with Crippen molar-refractivity contribution in [2.24, 2.45) is 11.7 Å². The predicted molar refractivity (Wildman–Crippen MR) is 72.0 cm³/mol. The molecule has 0 amide bonds. The van der Waals surface area contributed by atoms with E-state index in [1.807, 2.05) is 0 Å². The van der Waals surface area contributed by atoms with Crippen LogP contribution >= 0.6 is 12.4 Å².